The number of carbonyl (C=O) groups is 2. The van der Waals surface area contributed by atoms with E-state index in [4.69, 9.17) is 0 Å². The minimum Gasteiger partial charge on any atom is -0.365 e. The van der Waals surface area contributed by atoms with E-state index in [1.54, 1.807) is 0 Å². The number of unbranched alkanes of at least 4 members (excludes halogenated alkanes) is 1. The van der Waals surface area contributed by atoms with Crippen LogP contribution in [0.4, 0.5) is 10.5 Å². The number of nitrogens with zero attached hydrogens (tertiary/aromatic N) is 1. The molecule has 1 aliphatic rings. The first-order valence-corrected chi connectivity index (χ1v) is 7.35. The summed E-state index contributed by atoms with van der Waals surface area (Å²) in [6.07, 6.45) is 1.83. The number of hydrogen-bond donors (Lipinski definition) is 1. The average Bonchev–Trinajstić information content (AvgIpc) is 2.62. The Morgan fingerprint density at radius 2 is 2.16 bits per heavy atom. The van der Waals surface area contributed by atoms with Crippen molar-refractivity contribution in [3.05, 3.63) is 29.8 Å². The van der Waals surface area contributed by atoms with Crippen molar-refractivity contribution in [2.45, 2.75) is 32.1 Å². The molecule has 0 aliphatic carbocycles. The average molecular weight is 278 g/mol. The van der Waals surface area contributed by atoms with Crippen LogP contribution in [0.2, 0.25) is 0 Å². The van der Waals surface area contributed by atoms with Crippen LogP contribution in [0.5, 0.6) is 0 Å². The molecule has 5 heteroatoms. The smallest absolute Gasteiger partial charge is 0.290 e. The fourth-order valence-corrected chi connectivity index (χ4v) is 2.87. The molecule has 1 saturated heterocycles. The molecule has 0 radical (unpaired) electrons. The van der Waals surface area contributed by atoms with Crippen molar-refractivity contribution in [1.82, 2.24) is 4.90 Å². The number of nitrogens with one attached hydrogen (secondary N) is 1. The number of hydrogen-bond acceptors (Lipinski definition) is 4. The van der Waals surface area contributed by atoms with Crippen molar-refractivity contribution in [2.24, 2.45) is 0 Å². The van der Waals surface area contributed by atoms with Crippen LogP contribution >= 0.6 is 11.8 Å². The Kier molecular flexibility index (Phi) is 4.47. The third-order valence-corrected chi connectivity index (χ3v) is 3.96. The number of aryl methyl sites for hydroxylation is 1. The molecule has 102 valence electrons. The van der Waals surface area contributed by atoms with Crippen LogP contribution in [0.1, 0.15) is 25.3 Å². The predicted molar refractivity (Wildman–Crippen MR) is 78.2 cm³/mol. The predicted octanol–water partition coefficient (Wildman–Crippen LogP) is 3.23. The molecule has 1 atom stereocenters. The van der Waals surface area contributed by atoms with Crippen LogP contribution in [0.15, 0.2) is 24.3 Å². The van der Waals surface area contributed by atoms with Gasteiger partial charge in [-0.1, -0.05) is 25.5 Å². The van der Waals surface area contributed by atoms with E-state index < -0.39 is 5.37 Å². The molecule has 1 aromatic rings. The van der Waals surface area contributed by atoms with Crippen molar-refractivity contribution < 1.29 is 9.59 Å². The molecule has 4 nitrogen and oxygen atoms in total. The van der Waals surface area contributed by atoms with Gasteiger partial charge in [0.05, 0.1) is 0 Å². The summed E-state index contributed by atoms with van der Waals surface area (Å²) in [5.74, 6) is -0.134. The standard InChI is InChI=1S/C14H18N2O2S/c1-3-4-8-16-13(17)12(19-14(16)18)15-11-7-5-6-10(2)9-11/h5-7,9,12,15H,3-4,8H2,1-2H3/t12-/m0/s1. The molecule has 2 amide bonds. The summed E-state index contributed by atoms with van der Waals surface area (Å²) < 4.78 is 0. The Bertz CT molecular complexity index is 490. The molecule has 2 rings (SSSR count). The monoisotopic (exact) mass is 278 g/mol. The summed E-state index contributed by atoms with van der Waals surface area (Å²) in [4.78, 5) is 25.3. The number of amides is 2. The van der Waals surface area contributed by atoms with Gasteiger partial charge in [0.1, 0.15) is 0 Å². The second-order valence-electron chi connectivity index (χ2n) is 4.62. The SMILES string of the molecule is CCCCN1C(=O)S[C@H](Nc2cccc(C)c2)C1=O. The maximum atomic E-state index is 12.1. The highest BCUT2D eigenvalue weighted by Crippen LogP contribution is 2.28. The van der Waals surface area contributed by atoms with Gasteiger partial charge < -0.3 is 5.32 Å². The number of rotatable bonds is 5. The van der Waals surface area contributed by atoms with Crippen molar-refractivity contribution in [1.29, 1.82) is 0 Å². The van der Waals surface area contributed by atoms with Crippen molar-refractivity contribution >= 4 is 28.6 Å². The lowest BCUT2D eigenvalue weighted by Gasteiger charge is -2.14. The fourth-order valence-electron chi connectivity index (χ4n) is 1.94. The van der Waals surface area contributed by atoms with E-state index in [0.29, 0.717) is 6.54 Å². The molecular formula is C14H18N2O2S. The van der Waals surface area contributed by atoms with E-state index in [1.807, 2.05) is 38.1 Å². The minimum absolute atomic E-state index is 0.134. The molecule has 1 N–H and O–H groups in total. The molecule has 0 unspecified atom stereocenters. The zero-order valence-corrected chi connectivity index (χ0v) is 12.0. The van der Waals surface area contributed by atoms with Gasteiger partial charge in [-0.2, -0.15) is 0 Å². The lowest BCUT2D eigenvalue weighted by atomic mass is 10.2. The quantitative estimate of drug-likeness (QED) is 0.898. The molecule has 19 heavy (non-hydrogen) atoms. The van der Waals surface area contributed by atoms with E-state index in [1.165, 1.54) is 4.90 Å². The summed E-state index contributed by atoms with van der Waals surface area (Å²) in [5, 5.41) is 2.48. The third kappa shape index (κ3) is 3.29. The van der Waals surface area contributed by atoms with Gasteiger partial charge in [-0.25, -0.2) is 0 Å². The molecule has 0 spiro atoms. The maximum absolute atomic E-state index is 12.1. The van der Waals surface area contributed by atoms with Gasteiger partial charge in [-0.3, -0.25) is 14.5 Å². The van der Waals surface area contributed by atoms with Crippen molar-refractivity contribution in [2.75, 3.05) is 11.9 Å². The van der Waals surface area contributed by atoms with Crippen LogP contribution in [0, 0.1) is 6.92 Å². The molecule has 0 aromatic heterocycles. The normalized spacial score (nSPS) is 19.1. The highest BCUT2D eigenvalue weighted by atomic mass is 32.2. The van der Waals surface area contributed by atoms with Gasteiger partial charge in [-0.05, 0) is 42.8 Å². The number of carbonyl (C=O) groups excluding carboxylic acids is 2. The number of thioether (sulfide) groups is 1. The Hall–Kier alpha value is -1.49. The summed E-state index contributed by atoms with van der Waals surface area (Å²) in [5.41, 5.74) is 1.99. The Balaban J connectivity index is 2.02. The Morgan fingerprint density at radius 3 is 2.84 bits per heavy atom. The fraction of sp³-hybridized carbons (Fsp3) is 0.429. The van der Waals surface area contributed by atoms with Gasteiger partial charge in [0.15, 0.2) is 5.37 Å². The van der Waals surface area contributed by atoms with Crippen LogP contribution in [-0.4, -0.2) is 28.0 Å². The van der Waals surface area contributed by atoms with Crippen LogP contribution in [0.25, 0.3) is 0 Å². The van der Waals surface area contributed by atoms with E-state index in [-0.39, 0.29) is 11.1 Å². The molecular weight excluding hydrogens is 260 g/mol. The minimum atomic E-state index is -0.494. The summed E-state index contributed by atoms with van der Waals surface area (Å²) in [6, 6.07) is 7.79. The topological polar surface area (TPSA) is 49.4 Å². The largest absolute Gasteiger partial charge is 0.365 e. The third-order valence-electron chi connectivity index (χ3n) is 2.98. The summed E-state index contributed by atoms with van der Waals surface area (Å²) >= 11 is 1.06. The second kappa shape index (κ2) is 6.10. The van der Waals surface area contributed by atoms with Gasteiger partial charge in [-0.15, -0.1) is 0 Å². The highest BCUT2D eigenvalue weighted by Gasteiger charge is 2.39. The van der Waals surface area contributed by atoms with E-state index in [0.717, 1.165) is 35.9 Å². The molecule has 0 bridgehead atoms. The first-order chi connectivity index (χ1) is 9.11. The first kappa shape index (κ1) is 13.9. The van der Waals surface area contributed by atoms with E-state index in [9.17, 15) is 9.59 Å². The molecule has 1 heterocycles. The summed E-state index contributed by atoms with van der Waals surface area (Å²) in [7, 11) is 0. The lowest BCUT2D eigenvalue weighted by Crippen LogP contribution is -2.35. The van der Waals surface area contributed by atoms with E-state index >= 15 is 0 Å². The van der Waals surface area contributed by atoms with Crippen LogP contribution in [-0.2, 0) is 4.79 Å². The van der Waals surface area contributed by atoms with Gasteiger partial charge in [0.2, 0.25) is 0 Å². The molecule has 1 fully saturated rings. The van der Waals surface area contributed by atoms with Crippen LogP contribution < -0.4 is 5.32 Å². The van der Waals surface area contributed by atoms with Crippen molar-refractivity contribution in [3.63, 3.8) is 0 Å². The highest BCUT2D eigenvalue weighted by molar-refractivity contribution is 8.15. The Labute approximate surface area is 117 Å². The molecule has 1 aromatic carbocycles. The zero-order chi connectivity index (χ0) is 13.8. The summed E-state index contributed by atoms with van der Waals surface area (Å²) in [6.45, 7) is 4.56. The number of anilines is 1. The number of imide groups is 1. The van der Waals surface area contributed by atoms with Gasteiger partial charge in [0.25, 0.3) is 11.1 Å². The zero-order valence-electron chi connectivity index (χ0n) is 11.2. The maximum Gasteiger partial charge on any atom is 0.290 e. The lowest BCUT2D eigenvalue weighted by molar-refractivity contribution is -0.126. The van der Waals surface area contributed by atoms with Gasteiger partial charge in [0, 0.05) is 12.2 Å². The van der Waals surface area contributed by atoms with Gasteiger partial charge >= 0.3 is 0 Å². The number of benzene rings is 1. The van der Waals surface area contributed by atoms with E-state index in [2.05, 4.69) is 5.32 Å². The van der Waals surface area contributed by atoms with Crippen molar-refractivity contribution in [3.8, 4) is 0 Å². The molecule has 1 aliphatic heterocycles. The second-order valence-corrected chi connectivity index (χ2v) is 5.68. The molecule has 0 saturated carbocycles. The van der Waals surface area contributed by atoms with Crippen LogP contribution in [0.3, 0.4) is 0 Å². The Morgan fingerprint density at radius 1 is 1.37 bits per heavy atom. The first-order valence-electron chi connectivity index (χ1n) is 6.47.